The Morgan fingerprint density at radius 2 is 2.05 bits per heavy atom. The first kappa shape index (κ1) is 11.6. The molecule has 19 heavy (non-hydrogen) atoms. The zero-order chi connectivity index (χ0) is 13.6. The number of carbonyl (C=O) groups excluding carboxylic acids is 1. The molecule has 1 aromatic carbocycles. The van der Waals surface area contributed by atoms with E-state index in [0.29, 0.717) is 17.8 Å². The summed E-state index contributed by atoms with van der Waals surface area (Å²) in [4.78, 5) is 20.5. The average molecular weight is 254 g/mol. The van der Waals surface area contributed by atoms with Gasteiger partial charge in [0.05, 0.1) is 11.3 Å². The molecule has 96 valence electrons. The van der Waals surface area contributed by atoms with E-state index in [1.807, 2.05) is 26.0 Å². The van der Waals surface area contributed by atoms with Crippen LogP contribution in [0.3, 0.4) is 0 Å². The summed E-state index contributed by atoms with van der Waals surface area (Å²) < 4.78 is 0. The van der Waals surface area contributed by atoms with Crippen LogP contribution in [-0.2, 0) is 6.54 Å². The molecule has 5 nitrogen and oxygen atoms in total. The highest BCUT2D eigenvalue weighted by Crippen LogP contribution is 2.31. The molecule has 1 aliphatic rings. The van der Waals surface area contributed by atoms with Crippen molar-refractivity contribution in [3.8, 4) is 11.3 Å². The first-order valence-corrected chi connectivity index (χ1v) is 6.08. The summed E-state index contributed by atoms with van der Waals surface area (Å²) in [5, 5.41) is 2.80. The lowest BCUT2D eigenvalue weighted by Gasteiger charge is -2.09. The van der Waals surface area contributed by atoms with Crippen LogP contribution in [0.25, 0.3) is 11.3 Å². The molecule has 2 aromatic rings. The Balaban J connectivity index is 2.25. The zero-order valence-corrected chi connectivity index (χ0v) is 10.8. The van der Waals surface area contributed by atoms with E-state index < -0.39 is 0 Å². The van der Waals surface area contributed by atoms with Crippen LogP contribution in [0.4, 0.5) is 5.69 Å². The summed E-state index contributed by atoms with van der Waals surface area (Å²) in [6.07, 6.45) is 0. The summed E-state index contributed by atoms with van der Waals surface area (Å²) >= 11 is 0. The second kappa shape index (κ2) is 4.05. The molecule has 0 saturated carbocycles. The summed E-state index contributed by atoms with van der Waals surface area (Å²) in [7, 11) is 0. The Bertz CT molecular complexity index is 674. The molecule has 3 rings (SSSR count). The Labute approximate surface area is 110 Å². The van der Waals surface area contributed by atoms with Gasteiger partial charge < -0.3 is 11.1 Å². The normalized spacial score (nSPS) is 13.3. The van der Waals surface area contributed by atoms with E-state index in [1.165, 1.54) is 0 Å². The number of nitrogens with two attached hydrogens (primary N) is 1. The first-order chi connectivity index (χ1) is 9.06. The van der Waals surface area contributed by atoms with E-state index >= 15 is 0 Å². The molecule has 0 unspecified atom stereocenters. The molecule has 0 bridgehead atoms. The molecule has 5 heteroatoms. The lowest BCUT2D eigenvalue weighted by Crippen LogP contribution is -2.13. The van der Waals surface area contributed by atoms with Gasteiger partial charge in [-0.1, -0.05) is 6.07 Å². The van der Waals surface area contributed by atoms with Crippen LogP contribution in [0.5, 0.6) is 0 Å². The summed E-state index contributed by atoms with van der Waals surface area (Å²) in [5.41, 5.74) is 10.6. The number of hydrogen-bond donors (Lipinski definition) is 2. The number of fused-ring (bicyclic) bond motifs is 1. The lowest BCUT2D eigenvalue weighted by atomic mass is 9.98. The summed E-state index contributed by atoms with van der Waals surface area (Å²) in [6.45, 7) is 4.28. The maximum atomic E-state index is 11.8. The molecule has 2 heterocycles. The van der Waals surface area contributed by atoms with Crippen LogP contribution in [0.1, 0.15) is 27.4 Å². The average Bonchev–Trinajstić information content (AvgIpc) is 2.72. The number of amides is 1. The van der Waals surface area contributed by atoms with Gasteiger partial charge in [-0.15, -0.1) is 0 Å². The number of nitrogen functional groups attached to an aromatic ring is 1. The van der Waals surface area contributed by atoms with E-state index in [4.69, 9.17) is 5.73 Å². The lowest BCUT2D eigenvalue weighted by molar-refractivity contribution is 0.0966. The Hall–Kier alpha value is -2.43. The maximum Gasteiger partial charge on any atom is 0.254 e. The monoisotopic (exact) mass is 254 g/mol. The standard InChI is InChI=1S/C14H14N4O/c1-7-5-12(18-8(2)17-7)9-3-4-11(15)13-10(9)6-16-14(13)19/h3-5H,6,15H2,1-2H3,(H,16,19). The highest BCUT2D eigenvalue weighted by atomic mass is 16.1. The van der Waals surface area contributed by atoms with Crippen LogP contribution >= 0.6 is 0 Å². The largest absolute Gasteiger partial charge is 0.398 e. The molecule has 0 saturated heterocycles. The third-order valence-electron chi connectivity index (χ3n) is 3.24. The van der Waals surface area contributed by atoms with E-state index in [0.717, 1.165) is 28.3 Å². The minimum absolute atomic E-state index is 0.114. The number of nitrogens with zero attached hydrogens (tertiary/aromatic N) is 2. The van der Waals surface area contributed by atoms with Crippen LogP contribution in [-0.4, -0.2) is 15.9 Å². The van der Waals surface area contributed by atoms with E-state index in [-0.39, 0.29) is 5.91 Å². The number of aryl methyl sites for hydroxylation is 2. The van der Waals surface area contributed by atoms with Crippen LogP contribution in [0, 0.1) is 13.8 Å². The molecule has 0 spiro atoms. The van der Waals surface area contributed by atoms with Gasteiger partial charge in [0.1, 0.15) is 5.82 Å². The fourth-order valence-corrected chi connectivity index (χ4v) is 2.47. The second-order valence-corrected chi connectivity index (χ2v) is 4.68. The van der Waals surface area contributed by atoms with Gasteiger partial charge in [0.2, 0.25) is 0 Å². The minimum Gasteiger partial charge on any atom is -0.398 e. The molecule has 0 atom stereocenters. The van der Waals surface area contributed by atoms with Crippen molar-refractivity contribution in [2.45, 2.75) is 20.4 Å². The number of hydrogen-bond acceptors (Lipinski definition) is 4. The van der Waals surface area contributed by atoms with Crippen LogP contribution in [0.2, 0.25) is 0 Å². The van der Waals surface area contributed by atoms with E-state index in [2.05, 4.69) is 15.3 Å². The van der Waals surface area contributed by atoms with E-state index in [9.17, 15) is 4.79 Å². The predicted octanol–water partition coefficient (Wildman–Crippen LogP) is 1.59. The fraction of sp³-hybridized carbons (Fsp3) is 0.214. The van der Waals surface area contributed by atoms with Crippen molar-refractivity contribution in [3.63, 3.8) is 0 Å². The molecular formula is C14H14N4O. The first-order valence-electron chi connectivity index (χ1n) is 6.08. The highest BCUT2D eigenvalue weighted by Gasteiger charge is 2.25. The summed E-state index contributed by atoms with van der Waals surface area (Å²) in [6, 6.07) is 5.59. The van der Waals surface area contributed by atoms with Gasteiger partial charge in [-0.3, -0.25) is 4.79 Å². The van der Waals surface area contributed by atoms with Crippen molar-refractivity contribution in [1.29, 1.82) is 0 Å². The van der Waals surface area contributed by atoms with E-state index in [1.54, 1.807) is 6.07 Å². The van der Waals surface area contributed by atoms with Crippen LogP contribution in [0.15, 0.2) is 18.2 Å². The maximum absolute atomic E-state index is 11.8. The highest BCUT2D eigenvalue weighted by molar-refractivity contribution is 6.05. The zero-order valence-electron chi connectivity index (χ0n) is 10.8. The minimum atomic E-state index is -0.114. The smallest absolute Gasteiger partial charge is 0.254 e. The Morgan fingerprint density at radius 3 is 2.79 bits per heavy atom. The molecule has 0 fully saturated rings. The Morgan fingerprint density at radius 1 is 1.26 bits per heavy atom. The molecule has 1 aromatic heterocycles. The molecule has 3 N–H and O–H groups in total. The number of rotatable bonds is 1. The third-order valence-corrected chi connectivity index (χ3v) is 3.24. The molecule has 1 aliphatic heterocycles. The van der Waals surface area contributed by atoms with Crippen molar-refractivity contribution < 1.29 is 4.79 Å². The summed E-state index contributed by atoms with van der Waals surface area (Å²) in [5.74, 6) is 0.606. The SMILES string of the molecule is Cc1cc(-c2ccc(N)c3c2CNC3=O)nc(C)n1. The molecular weight excluding hydrogens is 240 g/mol. The van der Waals surface area contributed by atoms with Gasteiger partial charge in [0.25, 0.3) is 5.91 Å². The van der Waals surface area contributed by atoms with Gasteiger partial charge in [-0.25, -0.2) is 9.97 Å². The molecule has 0 aliphatic carbocycles. The second-order valence-electron chi connectivity index (χ2n) is 4.68. The van der Waals surface area contributed by atoms with Crippen molar-refractivity contribution in [2.75, 3.05) is 5.73 Å². The Kier molecular flexibility index (Phi) is 2.48. The van der Waals surface area contributed by atoms with Crippen LogP contribution < -0.4 is 11.1 Å². The van der Waals surface area contributed by atoms with Gasteiger partial charge in [-0.2, -0.15) is 0 Å². The number of nitrogens with one attached hydrogen (secondary N) is 1. The number of carbonyl (C=O) groups is 1. The van der Waals surface area contributed by atoms with Crippen molar-refractivity contribution in [1.82, 2.24) is 15.3 Å². The topological polar surface area (TPSA) is 80.9 Å². The van der Waals surface area contributed by atoms with Gasteiger partial charge in [-0.05, 0) is 31.5 Å². The van der Waals surface area contributed by atoms with Gasteiger partial charge in [0, 0.05) is 23.5 Å². The van der Waals surface area contributed by atoms with Crippen molar-refractivity contribution in [2.24, 2.45) is 0 Å². The molecule has 0 radical (unpaired) electrons. The van der Waals surface area contributed by atoms with Gasteiger partial charge >= 0.3 is 0 Å². The number of benzene rings is 1. The molecule has 1 amide bonds. The number of aromatic nitrogens is 2. The van der Waals surface area contributed by atoms with Crippen molar-refractivity contribution in [3.05, 3.63) is 40.8 Å². The number of anilines is 1. The fourth-order valence-electron chi connectivity index (χ4n) is 2.47. The van der Waals surface area contributed by atoms with Gasteiger partial charge in [0.15, 0.2) is 0 Å². The quantitative estimate of drug-likeness (QED) is 0.757. The third kappa shape index (κ3) is 1.83. The van der Waals surface area contributed by atoms with Crippen molar-refractivity contribution >= 4 is 11.6 Å². The predicted molar refractivity (Wildman–Crippen MR) is 72.5 cm³/mol.